The van der Waals surface area contributed by atoms with Gasteiger partial charge in [-0.3, -0.25) is 0 Å². The van der Waals surface area contributed by atoms with Crippen molar-refractivity contribution in [2.75, 3.05) is 7.05 Å². The normalized spacial score (nSPS) is 14.0. The van der Waals surface area contributed by atoms with Gasteiger partial charge in [-0.05, 0) is 37.2 Å². The molecule has 21 heavy (non-hydrogen) atoms. The Morgan fingerprint density at radius 1 is 1.52 bits per heavy atom. The Balaban J connectivity index is 1.77. The molecule has 2 aromatic rings. The van der Waals surface area contributed by atoms with Crippen LogP contribution in [0.5, 0.6) is 0 Å². The lowest BCUT2D eigenvalue weighted by Crippen LogP contribution is -2.38. The van der Waals surface area contributed by atoms with Gasteiger partial charge in [-0.1, -0.05) is 28.9 Å². The number of halogens is 1. The molecule has 0 spiro atoms. The van der Waals surface area contributed by atoms with Crippen molar-refractivity contribution in [3.05, 3.63) is 35.2 Å². The molecule has 1 aliphatic rings. The molecule has 1 fully saturated rings. The van der Waals surface area contributed by atoms with Crippen LogP contribution in [0.15, 0.2) is 28.8 Å². The second-order valence-electron chi connectivity index (χ2n) is 4.94. The predicted octanol–water partition coefficient (Wildman–Crippen LogP) is 2.86. The fourth-order valence-electron chi connectivity index (χ4n) is 2.11. The van der Waals surface area contributed by atoms with E-state index in [9.17, 15) is 0 Å². The van der Waals surface area contributed by atoms with Crippen molar-refractivity contribution in [2.45, 2.75) is 25.4 Å². The van der Waals surface area contributed by atoms with E-state index in [0.717, 1.165) is 18.4 Å². The Morgan fingerprint density at radius 3 is 3.00 bits per heavy atom. The first-order chi connectivity index (χ1) is 10.2. The number of benzene rings is 1. The summed E-state index contributed by atoms with van der Waals surface area (Å²) in [6, 6.07) is 7.86. The maximum atomic E-state index is 5.98. The molecule has 0 aliphatic heterocycles. The van der Waals surface area contributed by atoms with Crippen molar-refractivity contribution in [3.8, 4) is 11.4 Å². The average molecular weight is 323 g/mol. The van der Waals surface area contributed by atoms with Gasteiger partial charge in [-0.2, -0.15) is 4.98 Å². The molecule has 5 nitrogen and oxygen atoms in total. The molecule has 0 radical (unpaired) electrons. The van der Waals surface area contributed by atoms with Crippen LogP contribution in [0.1, 0.15) is 18.7 Å². The van der Waals surface area contributed by atoms with Crippen LogP contribution in [-0.4, -0.2) is 33.2 Å². The second-order valence-corrected chi connectivity index (χ2v) is 5.76. The van der Waals surface area contributed by atoms with Gasteiger partial charge in [0.05, 0.1) is 6.54 Å². The van der Waals surface area contributed by atoms with Crippen LogP contribution in [0.3, 0.4) is 0 Å². The second kappa shape index (κ2) is 5.99. The molecule has 7 heteroatoms. The Bertz CT molecular complexity index is 656. The van der Waals surface area contributed by atoms with Gasteiger partial charge in [0.1, 0.15) is 0 Å². The zero-order valence-corrected chi connectivity index (χ0v) is 13.1. The highest BCUT2D eigenvalue weighted by Gasteiger charge is 2.31. The highest BCUT2D eigenvalue weighted by molar-refractivity contribution is 7.80. The summed E-state index contributed by atoms with van der Waals surface area (Å²) in [5.41, 5.74) is 0.840. The van der Waals surface area contributed by atoms with Crippen LogP contribution in [0.25, 0.3) is 11.4 Å². The molecule has 0 atom stereocenters. The third-order valence-electron chi connectivity index (χ3n) is 3.32. The molecule has 1 saturated carbocycles. The van der Waals surface area contributed by atoms with Crippen molar-refractivity contribution in [3.63, 3.8) is 0 Å². The van der Waals surface area contributed by atoms with Gasteiger partial charge < -0.3 is 14.7 Å². The van der Waals surface area contributed by atoms with E-state index in [0.29, 0.717) is 34.4 Å². The number of aromatic nitrogens is 2. The maximum absolute atomic E-state index is 5.98. The first-order valence-corrected chi connectivity index (χ1v) is 7.53. The quantitative estimate of drug-likeness (QED) is 0.874. The van der Waals surface area contributed by atoms with E-state index in [1.165, 1.54) is 0 Å². The molecule has 110 valence electrons. The smallest absolute Gasteiger partial charge is 0.246 e. The minimum atomic E-state index is 0.478. The molecule has 0 amide bonds. The molecule has 3 rings (SSSR count). The van der Waals surface area contributed by atoms with E-state index in [-0.39, 0.29) is 0 Å². The molecule has 1 aliphatic carbocycles. The van der Waals surface area contributed by atoms with Crippen molar-refractivity contribution in [1.82, 2.24) is 20.4 Å². The van der Waals surface area contributed by atoms with Crippen LogP contribution >= 0.6 is 23.8 Å². The standard InChI is InChI=1S/C14H15ClN4OS/c1-16-14(21)19(11-5-6-11)8-12-17-13(18-20-12)9-3-2-4-10(15)7-9/h2-4,7,11H,5-6,8H2,1H3,(H,16,21). The Kier molecular flexibility index (Phi) is 4.07. The summed E-state index contributed by atoms with van der Waals surface area (Å²) >= 11 is 11.3. The third kappa shape index (κ3) is 3.33. The van der Waals surface area contributed by atoms with Crippen LogP contribution in [0.2, 0.25) is 5.02 Å². The summed E-state index contributed by atoms with van der Waals surface area (Å²) in [5, 5.41) is 8.37. The summed E-state index contributed by atoms with van der Waals surface area (Å²) < 4.78 is 5.33. The molecule has 1 aromatic carbocycles. The lowest BCUT2D eigenvalue weighted by atomic mass is 10.2. The van der Waals surface area contributed by atoms with E-state index >= 15 is 0 Å². The molecule has 1 aromatic heterocycles. The molecule has 1 heterocycles. The highest BCUT2D eigenvalue weighted by Crippen LogP contribution is 2.28. The monoisotopic (exact) mass is 322 g/mol. The Labute approximate surface area is 133 Å². The molecular weight excluding hydrogens is 308 g/mol. The molecular formula is C14H15ClN4OS. The summed E-state index contributed by atoms with van der Waals surface area (Å²) in [7, 11) is 1.82. The van der Waals surface area contributed by atoms with Crippen LogP contribution < -0.4 is 5.32 Å². The predicted molar refractivity (Wildman–Crippen MR) is 85.0 cm³/mol. The molecule has 0 unspecified atom stereocenters. The summed E-state index contributed by atoms with van der Waals surface area (Å²) in [6.45, 7) is 0.526. The number of thiocarbonyl (C=S) groups is 1. The Hall–Kier alpha value is -1.66. The van der Waals surface area contributed by atoms with Gasteiger partial charge in [0.2, 0.25) is 11.7 Å². The first-order valence-electron chi connectivity index (χ1n) is 6.74. The van der Waals surface area contributed by atoms with Crippen molar-refractivity contribution < 1.29 is 4.52 Å². The van der Waals surface area contributed by atoms with Crippen LogP contribution in [-0.2, 0) is 6.54 Å². The van der Waals surface area contributed by atoms with Crippen LogP contribution in [0.4, 0.5) is 0 Å². The third-order valence-corrected chi connectivity index (χ3v) is 3.99. The van der Waals surface area contributed by atoms with Gasteiger partial charge in [0.25, 0.3) is 0 Å². The lowest BCUT2D eigenvalue weighted by Gasteiger charge is -2.22. The first kappa shape index (κ1) is 14.3. The summed E-state index contributed by atoms with van der Waals surface area (Å²) in [5.74, 6) is 1.09. The molecule has 0 saturated heterocycles. The van der Waals surface area contributed by atoms with E-state index in [4.69, 9.17) is 28.3 Å². The van der Waals surface area contributed by atoms with Gasteiger partial charge in [0, 0.05) is 23.7 Å². The topological polar surface area (TPSA) is 54.2 Å². The number of rotatable bonds is 4. The number of nitrogens with one attached hydrogen (secondary N) is 1. The highest BCUT2D eigenvalue weighted by atomic mass is 35.5. The van der Waals surface area contributed by atoms with Gasteiger partial charge in [0.15, 0.2) is 5.11 Å². The van der Waals surface area contributed by atoms with Crippen molar-refractivity contribution in [2.24, 2.45) is 0 Å². The Morgan fingerprint density at radius 2 is 2.33 bits per heavy atom. The van der Waals surface area contributed by atoms with E-state index < -0.39 is 0 Å². The van der Waals surface area contributed by atoms with E-state index in [2.05, 4.69) is 20.4 Å². The molecule has 0 bridgehead atoms. The SMILES string of the molecule is CNC(=S)N(Cc1nc(-c2cccc(Cl)c2)no1)C1CC1. The lowest BCUT2D eigenvalue weighted by molar-refractivity contribution is 0.305. The molecule has 1 N–H and O–H groups in total. The van der Waals surface area contributed by atoms with Crippen molar-refractivity contribution >= 4 is 28.9 Å². The summed E-state index contributed by atoms with van der Waals surface area (Å²) in [4.78, 5) is 6.51. The van der Waals surface area contributed by atoms with Crippen molar-refractivity contribution in [1.29, 1.82) is 0 Å². The minimum Gasteiger partial charge on any atom is -0.366 e. The van der Waals surface area contributed by atoms with Gasteiger partial charge in [-0.15, -0.1) is 0 Å². The zero-order chi connectivity index (χ0) is 14.8. The summed E-state index contributed by atoms with van der Waals surface area (Å²) in [6.07, 6.45) is 2.30. The number of nitrogens with zero attached hydrogens (tertiary/aromatic N) is 3. The zero-order valence-electron chi connectivity index (χ0n) is 11.5. The van der Waals surface area contributed by atoms with E-state index in [1.54, 1.807) is 0 Å². The fraction of sp³-hybridized carbons (Fsp3) is 0.357. The van der Waals surface area contributed by atoms with Gasteiger partial charge >= 0.3 is 0 Å². The number of hydrogen-bond donors (Lipinski definition) is 1. The largest absolute Gasteiger partial charge is 0.366 e. The van der Waals surface area contributed by atoms with E-state index in [1.807, 2.05) is 31.3 Å². The maximum Gasteiger partial charge on any atom is 0.246 e. The average Bonchev–Trinajstić information content (AvgIpc) is 3.22. The number of hydrogen-bond acceptors (Lipinski definition) is 4. The minimum absolute atomic E-state index is 0.478. The van der Waals surface area contributed by atoms with Gasteiger partial charge in [-0.25, -0.2) is 0 Å². The fourth-order valence-corrected chi connectivity index (χ4v) is 2.51. The van der Waals surface area contributed by atoms with Crippen LogP contribution in [0, 0.1) is 0 Å².